The van der Waals surface area contributed by atoms with E-state index >= 15 is 0 Å². The Bertz CT molecular complexity index is 309. The molecule has 1 aromatic rings. The zero-order chi connectivity index (χ0) is 10.1. The summed E-state index contributed by atoms with van der Waals surface area (Å²) >= 11 is 1.65. The molecular weight excluding hydrogens is 294 g/mol. The van der Waals surface area contributed by atoms with Gasteiger partial charge in [0.2, 0.25) is 0 Å². The van der Waals surface area contributed by atoms with Crippen molar-refractivity contribution >= 4 is 22.6 Å². The van der Waals surface area contributed by atoms with Crippen LogP contribution in [0.5, 0.6) is 0 Å². The molecule has 0 aliphatic heterocycles. The van der Waals surface area contributed by atoms with Gasteiger partial charge in [-0.25, -0.2) is 0 Å². The highest BCUT2D eigenvalue weighted by atomic mass is 127. The van der Waals surface area contributed by atoms with Crippen LogP contribution < -0.4 is 0 Å². The van der Waals surface area contributed by atoms with Crippen LogP contribution in [0.4, 0.5) is 13.2 Å². The zero-order valence-electron chi connectivity index (χ0n) is 6.82. The molecule has 5 heteroatoms. The van der Waals surface area contributed by atoms with Gasteiger partial charge in [0.05, 0.1) is 5.56 Å². The molecule has 1 heterocycles. The molecule has 0 aliphatic rings. The lowest BCUT2D eigenvalue weighted by atomic mass is 10.1. The van der Waals surface area contributed by atoms with Gasteiger partial charge in [-0.2, -0.15) is 13.2 Å². The van der Waals surface area contributed by atoms with Crippen molar-refractivity contribution in [2.24, 2.45) is 0 Å². The third-order valence-corrected chi connectivity index (χ3v) is 2.46. The van der Waals surface area contributed by atoms with E-state index in [4.69, 9.17) is 0 Å². The highest BCUT2D eigenvalue weighted by molar-refractivity contribution is 14.1. The molecule has 72 valence electrons. The predicted octanol–water partition coefficient (Wildman–Crippen LogP) is 3.27. The maximum absolute atomic E-state index is 12.5. The SMILES string of the molecule is CCc1cncc(I)c1C(F)(F)F. The molecule has 0 saturated heterocycles. The van der Waals surface area contributed by atoms with Crippen LogP contribution in [-0.4, -0.2) is 4.98 Å². The Hall–Kier alpha value is -0.330. The van der Waals surface area contributed by atoms with Crippen LogP contribution in [0.2, 0.25) is 0 Å². The molecule has 0 unspecified atom stereocenters. The molecule has 1 aromatic heterocycles. The van der Waals surface area contributed by atoms with E-state index in [9.17, 15) is 13.2 Å². The maximum atomic E-state index is 12.5. The molecule has 0 fully saturated rings. The van der Waals surface area contributed by atoms with Gasteiger partial charge in [0.15, 0.2) is 0 Å². The van der Waals surface area contributed by atoms with Crippen LogP contribution >= 0.6 is 22.6 Å². The summed E-state index contributed by atoms with van der Waals surface area (Å²) in [6, 6.07) is 0. The van der Waals surface area contributed by atoms with Gasteiger partial charge in [-0.15, -0.1) is 0 Å². The summed E-state index contributed by atoms with van der Waals surface area (Å²) in [7, 11) is 0. The van der Waals surface area contributed by atoms with Gasteiger partial charge in [0, 0.05) is 16.0 Å². The summed E-state index contributed by atoms with van der Waals surface area (Å²) in [5.41, 5.74) is -0.301. The van der Waals surface area contributed by atoms with E-state index < -0.39 is 11.7 Å². The third kappa shape index (κ3) is 2.32. The van der Waals surface area contributed by atoms with Gasteiger partial charge >= 0.3 is 6.18 Å². The van der Waals surface area contributed by atoms with Crippen LogP contribution in [0.15, 0.2) is 12.4 Å². The summed E-state index contributed by atoms with van der Waals surface area (Å²) in [6.07, 6.45) is -1.43. The number of pyridine rings is 1. The average Bonchev–Trinajstić information content (AvgIpc) is 2.01. The number of hydrogen-bond donors (Lipinski definition) is 0. The molecule has 0 amide bonds. The van der Waals surface area contributed by atoms with Gasteiger partial charge in [-0.05, 0) is 34.6 Å². The molecule has 0 N–H and O–H groups in total. The third-order valence-electron chi connectivity index (χ3n) is 1.64. The van der Waals surface area contributed by atoms with Crippen molar-refractivity contribution in [2.45, 2.75) is 19.5 Å². The topological polar surface area (TPSA) is 12.9 Å². The minimum absolute atomic E-state index is 0.157. The van der Waals surface area contributed by atoms with Crippen molar-refractivity contribution in [3.8, 4) is 0 Å². The number of nitrogens with zero attached hydrogens (tertiary/aromatic N) is 1. The van der Waals surface area contributed by atoms with E-state index in [1.807, 2.05) is 0 Å². The van der Waals surface area contributed by atoms with E-state index in [0.29, 0.717) is 6.42 Å². The second kappa shape index (κ2) is 3.81. The molecule has 13 heavy (non-hydrogen) atoms. The fraction of sp³-hybridized carbons (Fsp3) is 0.375. The lowest BCUT2D eigenvalue weighted by Crippen LogP contribution is -2.11. The Morgan fingerprint density at radius 1 is 1.38 bits per heavy atom. The van der Waals surface area contributed by atoms with Crippen LogP contribution in [0.1, 0.15) is 18.1 Å². The molecule has 0 radical (unpaired) electrons. The summed E-state index contributed by atoms with van der Waals surface area (Å²) < 4.78 is 37.5. The second-order valence-corrected chi connectivity index (χ2v) is 3.67. The molecular formula is C8H7F3IN. The molecule has 0 spiro atoms. The number of rotatable bonds is 1. The van der Waals surface area contributed by atoms with Gasteiger partial charge in [0.1, 0.15) is 0 Å². The van der Waals surface area contributed by atoms with E-state index in [0.717, 1.165) is 0 Å². The first kappa shape index (κ1) is 10.7. The zero-order valence-corrected chi connectivity index (χ0v) is 8.98. The Kier molecular flexibility index (Phi) is 3.15. The number of aryl methyl sites for hydroxylation is 1. The number of halogens is 4. The summed E-state index contributed by atoms with van der Waals surface area (Å²) in [4.78, 5) is 3.72. The van der Waals surface area contributed by atoms with Crippen molar-refractivity contribution in [3.63, 3.8) is 0 Å². The van der Waals surface area contributed by atoms with Crippen LogP contribution in [0.3, 0.4) is 0 Å². The van der Waals surface area contributed by atoms with Gasteiger partial charge in [-0.1, -0.05) is 6.92 Å². The molecule has 1 nitrogen and oxygen atoms in total. The van der Waals surface area contributed by atoms with Crippen molar-refractivity contribution in [1.82, 2.24) is 4.98 Å². The minimum Gasteiger partial charge on any atom is -0.263 e. The van der Waals surface area contributed by atoms with Crippen LogP contribution in [0, 0.1) is 3.57 Å². The van der Waals surface area contributed by atoms with E-state index in [1.54, 1.807) is 29.5 Å². The predicted molar refractivity (Wildman–Crippen MR) is 51.3 cm³/mol. The monoisotopic (exact) mass is 301 g/mol. The molecule has 0 aliphatic carbocycles. The van der Waals surface area contributed by atoms with Crippen molar-refractivity contribution < 1.29 is 13.2 Å². The Balaban J connectivity index is 3.32. The fourth-order valence-electron chi connectivity index (χ4n) is 1.06. The summed E-state index contributed by atoms with van der Waals surface area (Å²) in [5, 5.41) is 0. The highest BCUT2D eigenvalue weighted by Gasteiger charge is 2.35. The van der Waals surface area contributed by atoms with Crippen LogP contribution in [-0.2, 0) is 12.6 Å². The quantitative estimate of drug-likeness (QED) is 0.726. The fourth-order valence-corrected chi connectivity index (χ4v) is 1.87. The molecule has 0 saturated carbocycles. The van der Waals surface area contributed by atoms with E-state index in [-0.39, 0.29) is 9.13 Å². The first-order valence-corrected chi connectivity index (χ1v) is 4.74. The summed E-state index contributed by atoms with van der Waals surface area (Å²) in [5.74, 6) is 0. The van der Waals surface area contributed by atoms with Crippen LogP contribution in [0.25, 0.3) is 0 Å². The smallest absolute Gasteiger partial charge is 0.263 e. The first-order chi connectivity index (χ1) is 5.96. The maximum Gasteiger partial charge on any atom is 0.417 e. The van der Waals surface area contributed by atoms with Crippen molar-refractivity contribution in [1.29, 1.82) is 0 Å². The average molecular weight is 301 g/mol. The lowest BCUT2D eigenvalue weighted by Gasteiger charge is -2.12. The Labute approximate surface area is 87.5 Å². The van der Waals surface area contributed by atoms with E-state index in [2.05, 4.69) is 4.98 Å². The number of aromatic nitrogens is 1. The minimum atomic E-state index is -4.27. The highest BCUT2D eigenvalue weighted by Crippen LogP contribution is 2.34. The first-order valence-electron chi connectivity index (χ1n) is 3.66. The molecule has 1 rings (SSSR count). The lowest BCUT2D eigenvalue weighted by molar-refractivity contribution is -0.138. The van der Waals surface area contributed by atoms with Crippen molar-refractivity contribution in [2.75, 3.05) is 0 Å². The van der Waals surface area contributed by atoms with Crippen molar-refractivity contribution in [3.05, 3.63) is 27.1 Å². The number of hydrogen-bond acceptors (Lipinski definition) is 1. The van der Waals surface area contributed by atoms with E-state index in [1.165, 1.54) is 12.4 Å². The van der Waals surface area contributed by atoms with Gasteiger partial charge in [-0.3, -0.25) is 4.98 Å². The Morgan fingerprint density at radius 2 is 2.00 bits per heavy atom. The molecule has 0 aromatic carbocycles. The Morgan fingerprint density at radius 3 is 2.38 bits per heavy atom. The molecule has 0 bridgehead atoms. The summed E-state index contributed by atoms with van der Waals surface area (Å²) in [6.45, 7) is 1.68. The standard InChI is InChI=1S/C8H7F3IN/c1-2-5-3-13-4-6(12)7(5)8(9,10)11/h3-4H,2H2,1H3. The largest absolute Gasteiger partial charge is 0.417 e. The number of alkyl halides is 3. The molecule has 0 atom stereocenters. The second-order valence-electron chi connectivity index (χ2n) is 2.51. The van der Waals surface area contributed by atoms with Gasteiger partial charge < -0.3 is 0 Å². The normalized spacial score (nSPS) is 11.8. The van der Waals surface area contributed by atoms with Gasteiger partial charge in [0.25, 0.3) is 0 Å².